The molecule has 2 aromatic carbocycles. The first-order valence-electron chi connectivity index (χ1n) is 16.8. The van der Waals surface area contributed by atoms with Crippen molar-refractivity contribution < 1.29 is 14.4 Å². The van der Waals surface area contributed by atoms with Crippen LogP contribution in [0.4, 0.5) is 0 Å². The van der Waals surface area contributed by atoms with E-state index in [0.29, 0.717) is 49.7 Å². The number of ether oxygens (including phenoxy) is 1. The van der Waals surface area contributed by atoms with Crippen molar-refractivity contribution in [1.29, 1.82) is 0 Å². The SMILES string of the molecule is CCCc1c(Cc2ccc(-c3ccccc3-c3noc(=O)[nH]3)cc2)c(=O)n(C2CCC(OCC(O)(CC)CC)CC2)c2nc(C)nn12.[KH]. The summed E-state index contributed by atoms with van der Waals surface area (Å²) in [5.74, 6) is 1.02. The van der Waals surface area contributed by atoms with Crippen molar-refractivity contribution in [1.82, 2.24) is 29.3 Å². The van der Waals surface area contributed by atoms with E-state index in [-0.39, 0.29) is 69.1 Å². The minimum absolute atomic E-state index is 0. The Kier molecular flexibility index (Phi) is 12.1. The van der Waals surface area contributed by atoms with Crippen LogP contribution in [-0.4, -0.2) is 104 Å². The number of benzene rings is 2. The van der Waals surface area contributed by atoms with Crippen LogP contribution >= 0.6 is 0 Å². The summed E-state index contributed by atoms with van der Waals surface area (Å²) in [6, 6.07) is 15.8. The zero-order valence-corrected chi connectivity index (χ0v) is 27.7. The second-order valence-corrected chi connectivity index (χ2v) is 12.8. The van der Waals surface area contributed by atoms with Crippen molar-refractivity contribution in [2.45, 2.75) is 103 Å². The molecule has 1 aliphatic carbocycles. The van der Waals surface area contributed by atoms with Crippen LogP contribution in [0, 0.1) is 6.92 Å². The predicted molar refractivity (Wildman–Crippen MR) is 187 cm³/mol. The molecule has 1 saturated carbocycles. The molecule has 0 unspecified atom stereocenters. The third kappa shape index (κ3) is 7.70. The van der Waals surface area contributed by atoms with Crippen LogP contribution in [0.5, 0.6) is 0 Å². The molecule has 0 radical (unpaired) electrons. The number of aryl methyl sites for hydroxylation is 2. The van der Waals surface area contributed by atoms with Gasteiger partial charge in [-0.2, -0.15) is 10.1 Å². The fraction of sp³-hybridized carbons (Fsp3) is 0.472. The number of aliphatic hydroxyl groups is 1. The number of H-pyrrole nitrogens is 1. The van der Waals surface area contributed by atoms with Crippen molar-refractivity contribution in [2.24, 2.45) is 0 Å². The number of rotatable bonds is 12. The first-order valence-corrected chi connectivity index (χ1v) is 16.8. The van der Waals surface area contributed by atoms with Crippen LogP contribution in [0.3, 0.4) is 0 Å². The number of aromatic nitrogens is 6. The average molecular weight is 681 g/mol. The molecular weight excluding hydrogens is 636 g/mol. The fourth-order valence-electron chi connectivity index (χ4n) is 6.72. The van der Waals surface area contributed by atoms with Gasteiger partial charge >= 0.3 is 57.1 Å². The van der Waals surface area contributed by atoms with Crippen molar-refractivity contribution in [3.8, 4) is 22.5 Å². The van der Waals surface area contributed by atoms with Crippen molar-refractivity contribution >= 4 is 57.2 Å². The van der Waals surface area contributed by atoms with Gasteiger partial charge in [-0.3, -0.25) is 18.9 Å². The summed E-state index contributed by atoms with van der Waals surface area (Å²) < 4.78 is 14.7. The summed E-state index contributed by atoms with van der Waals surface area (Å²) in [5.41, 5.74) is 4.49. The van der Waals surface area contributed by atoms with Crippen molar-refractivity contribution in [3.63, 3.8) is 0 Å². The third-order valence-corrected chi connectivity index (χ3v) is 9.66. The van der Waals surface area contributed by atoms with E-state index in [0.717, 1.165) is 65.6 Å². The summed E-state index contributed by atoms with van der Waals surface area (Å²) >= 11 is 0. The van der Waals surface area contributed by atoms with E-state index in [1.165, 1.54) is 0 Å². The second-order valence-electron chi connectivity index (χ2n) is 12.8. The van der Waals surface area contributed by atoms with Crippen LogP contribution in [0.25, 0.3) is 28.3 Å². The quantitative estimate of drug-likeness (QED) is 0.172. The Morgan fingerprint density at radius 1 is 1.00 bits per heavy atom. The van der Waals surface area contributed by atoms with Gasteiger partial charge in [-0.25, -0.2) is 9.31 Å². The Morgan fingerprint density at radius 2 is 1.69 bits per heavy atom. The predicted octanol–water partition coefficient (Wildman–Crippen LogP) is 5.16. The van der Waals surface area contributed by atoms with Gasteiger partial charge < -0.3 is 9.84 Å². The molecule has 0 amide bonds. The van der Waals surface area contributed by atoms with Crippen molar-refractivity contribution in [3.05, 3.63) is 92.1 Å². The van der Waals surface area contributed by atoms with Crippen LogP contribution in [0.15, 0.2) is 62.6 Å². The van der Waals surface area contributed by atoms with E-state index in [1.54, 1.807) is 0 Å². The van der Waals surface area contributed by atoms with Crippen molar-refractivity contribution in [2.75, 3.05) is 6.61 Å². The Labute approximate surface area is 322 Å². The van der Waals surface area contributed by atoms with E-state index in [1.807, 2.05) is 78.4 Å². The summed E-state index contributed by atoms with van der Waals surface area (Å²) in [6.07, 6.45) is 6.65. The minimum atomic E-state index is -0.790. The molecule has 3 aromatic heterocycles. The van der Waals surface area contributed by atoms with Gasteiger partial charge in [0.25, 0.3) is 5.56 Å². The zero-order valence-electron chi connectivity index (χ0n) is 27.7. The normalized spacial score (nSPS) is 16.7. The molecule has 11 nitrogen and oxygen atoms in total. The second kappa shape index (κ2) is 15.9. The summed E-state index contributed by atoms with van der Waals surface area (Å²) in [4.78, 5) is 33.5. The zero-order chi connectivity index (χ0) is 33.1. The molecule has 0 aliphatic heterocycles. The molecule has 5 aromatic rings. The van der Waals surface area contributed by atoms with E-state index in [2.05, 4.69) is 17.1 Å². The van der Waals surface area contributed by atoms with Gasteiger partial charge in [0.2, 0.25) is 5.78 Å². The van der Waals surface area contributed by atoms with Gasteiger partial charge in [-0.1, -0.05) is 80.9 Å². The number of hydrogen-bond donors (Lipinski definition) is 2. The fourth-order valence-corrected chi connectivity index (χ4v) is 6.72. The Morgan fingerprint density at radius 3 is 2.31 bits per heavy atom. The monoisotopic (exact) mass is 680 g/mol. The summed E-state index contributed by atoms with van der Waals surface area (Å²) in [7, 11) is 0. The number of aromatic amines is 1. The number of hydrogen-bond acceptors (Lipinski definition) is 8. The first kappa shape index (κ1) is 36.6. The molecule has 12 heteroatoms. The molecule has 3 heterocycles. The number of nitrogens with zero attached hydrogens (tertiary/aromatic N) is 5. The molecule has 0 saturated heterocycles. The molecule has 2 N–H and O–H groups in total. The van der Waals surface area contributed by atoms with Crippen LogP contribution in [-0.2, 0) is 17.6 Å². The molecule has 6 rings (SSSR count). The van der Waals surface area contributed by atoms with Gasteiger partial charge in [0.1, 0.15) is 5.82 Å². The van der Waals surface area contributed by atoms with Crippen LogP contribution in [0.2, 0.25) is 0 Å². The molecule has 1 aliphatic rings. The maximum absolute atomic E-state index is 14.5. The van der Waals surface area contributed by atoms with E-state index >= 15 is 0 Å². The van der Waals surface area contributed by atoms with E-state index in [4.69, 9.17) is 19.3 Å². The van der Waals surface area contributed by atoms with Gasteiger partial charge in [-0.05, 0) is 68.6 Å². The Balaban J connectivity index is 0.00000451. The molecule has 250 valence electrons. The molecule has 48 heavy (non-hydrogen) atoms. The van der Waals surface area contributed by atoms with E-state index in [9.17, 15) is 14.7 Å². The molecule has 0 atom stereocenters. The summed E-state index contributed by atoms with van der Waals surface area (Å²) in [6.45, 7) is 8.29. The Bertz CT molecular complexity index is 1950. The first-order chi connectivity index (χ1) is 22.7. The standard InChI is InChI=1S/C36H44N6O5.K.H/c1-5-10-31-30(21-24-13-15-25(16-14-24)28-11-8-9-12-29(28)32-38-35(44)47-40-32)33(43)41(34-37-23(4)39-42(31)34)26-17-19-27(20-18-26)46-22-36(45,6-2)7-3;;/h8-9,11-16,26-27,45H,5-7,10,17-22H2,1-4H3,(H,38,40,44);;. The summed E-state index contributed by atoms with van der Waals surface area (Å²) in [5, 5.41) is 19.3. The molecule has 0 bridgehead atoms. The van der Waals surface area contributed by atoms with Gasteiger partial charge in [0, 0.05) is 23.6 Å². The van der Waals surface area contributed by atoms with Crippen LogP contribution in [0.1, 0.15) is 94.4 Å². The Hall–Kier alpha value is -2.71. The molecule has 1 fully saturated rings. The number of fused-ring (bicyclic) bond motifs is 1. The maximum atomic E-state index is 14.5. The van der Waals surface area contributed by atoms with Gasteiger partial charge in [0.05, 0.1) is 24.0 Å². The topological polar surface area (TPSA) is 141 Å². The van der Waals surface area contributed by atoms with Gasteiger partial charge in [-0.15, -0.1) is 0 Å². The average Bonchev–Trinajstić information content (AvgIpc) is 3.71. The van der Waals surface area contributed by atoms with Gasteiger partial charge in [0.15, 0.2) is 5.82 Å². The number of nitrogens with one attached hydrogen (secondary N) is 1. The molecular formula is C36H45KN6O5. The third-order valence-electron chi connectivity index (χ3n) is 9.66. The molecule has 0 spiro atoms. The van der Waals surface area contributed by atoms with E-state index < -0.39 is 11.4 Å². The van der Waals surface area contributed by atoms with Crippen LogP contribution < -0.4 is 11.3 Å².